The Hall–Kier alpha value is -3.98. The second-order valence-corrected chi connectivity index (χ2v) is 10.5. The molecule has 1 saturated carbocycles. The lowest BCUT2D eigenvalue weighted by Crippen LogP contribution is -2.45. The van der Waals surface area contributed by atoms with E-state index in [4.69, 9.17) is 4.74 Å². The summed E-state index contributed by atoms with van der Waals surface area (Å²) in [6.45, 7) is 1.91. The SMILES string of the molecule is Cc1ccc(C(=O)O)cc1[C@H]1CC(NC(=O)C2(c3ccc4c(c3)OC(F)(F)O4)CC2)CC(c2ccccc2)O1. The third-order valence-electron chi connectivity index (χ3n) is 7.84. The van der Waals surface area contributed by atoms with Crippen molar-refractivity contribution in [3.05, 3.63) is 94.5 Å². The van der Waals surface area contributed by atoms with Gasteiger partial charge in [-0.2, -0.15) is 0 Å². The number of alkyl halides is 2. The third kappa shape index (κ3) is 4.83. The topological polar surface area (TPSA) is 94.1 Å². The van der Waals surface area contributed by atoms with Gasteiger partial charge in [-0.1, -0.05) is 42.5 Å². The lowest BCUT2D eigenvalue weighted by Gasteiger charge is -2.37. The van der Waals surface area contributed by atoms with Crippen LogP contribution in [-0.4, -0.2) is 29.3 Å². The van der Waals surface area contributed by atoms with Crippen LogP contribution in [0.15, 0.2) is 66.7 Å². The molecule has 3 aliphatic rings. The van der Waals surface area contributed by atoms with E-state index in [1.807, 2.05) is 37.3 Å². The number of hydrogen-bond donors (Lipinski definition) is 2. The average Bonchev–Trinajstić information content (AvgIpc) is 3.66. The molecule has 0 aromatic heterocycles. The Morgan fingerprint density at radius 3 is 2.36 bits per heavy atom. The predicted molar refractivity (Wildman–Crippen MR) is 136 cm³/mol. The van der Waals surface area contributed by atoms with E-state index in [1.165, 1.54) is 12.1 Å². The van der Waals surface area contributed by atoms with E-state index >= 15 is 0 Å². The van der Waals surface area contributed by atoms with Crippen molar-refractivity contribution in [1.82, 2.24) is 5.32 Å². The maximum Gasteiger partial charge on any atom is 0.586 e. The summed E-state index contributed by atoms with van der Waals surface area (Å²) in [6, 6.07) is 18.9. The molecule has 3 atom stereocenters. The molecule has 39 heavy (non-hydrogen) atoms. The van der Waals surface area contributed by atoms with Crippen LogP contribution in [0.3, 0.4) is 0 Å². The van der Waals surface area contributed by atoms with Crippen LogP contribution in [0.1, 0.15) is 70.5 Å². The monoisotopic (exact) mass is 535 g/mol. The molecule has 202 valence electrons. The molecule has 0 radical (unpaired) electrons. The molecule has 2 heterocycles. The highest BCUT2D eigenvalue weighted by molar-refractivity contribution is 5.91. The summed E-state index contributed by atoms with van der Waals surface area (Å²) < 4.78 is 42.7. The number of carboxylic acids is 1. The molecule has 1 amide bonds. The highest BCUT2D eigenvalue weighted by atomic mass is 19.3. The smallest absolute Gasteiger partial charge is 0.478 e. The minimum atomic E-state index is -3.72. The number of amides is 1. The first-order valence-corrected chi connectivity index (χ1v) is 12.9. The average molecular weight is 536 g/mol. The second kappa shape index (κ2) is 9.34. The van der Waals surface area contributed by atoms with Gasteiger partial charge in [0.05, 0.1) is 23.2 Å². The number of benzene rings is 3. The number of aromatic carboxylic acids is 1. The van der Waals surface area contributed by atoms with Gasteiger partial charge < -0.3 is 24.6 Å². The number of carbonyl (C=O) groups excluding carboxylic acids is 1. The minimum Gasteiger partial charge on any atom is -0.478 e. The zero-order chi connectivity index (χ0) is 27.4. The molecule has 2 aliphatic heterocycles. The summed E-state index contributed by atoms with van der Waals surface area (Å²) >= 11 is 0. The second-order valence-electron chi connectivity index (χ2n) is 10.5. The number of rotatable bonds is 6. The molecule has 3 aromatic carbocycles. The molecule has 3 aromatic rings. The molecule has 1 saturated heterocycles. The summed E-state index contributed by atoms with van der Waals surface area (Å²) in [4.78, 5) is 25.3. The molecule has 2 fully saturated rings. The van der Waals surface area contributed by atoms with Gasteiger partial charge in [0.15, 0.2) is 11.5 Å². The molecule has 7 nitrogen and oxygen atoms in total. The first-order valence-electron chi connectivity index (χ1n) is 12.9. The van der Waals surface area contributed by atoms with Crippen LogP contribution in [0.2, 0.25) is 0 Å². The summed E-state index contributed by atoms with van der Waals surface area (Å²) in [7, 11) is 0. The Balaban J connectivity index is 1.26. The van der Waals surface area contributed by atoms with Gasteiger partial charge in [0.2, 0.25) is 5.91 Å². The van der Waals surface area contributed by atoms with Crippen LogP contribution >= 0.6 is 0 Å². The van der Waals surface area contributed by atoms with E-state index in [9.17, 15) is 23.5 Å². The summed E-state index contributed by atoms with van der Waals surface area (Å²) in [5.41, 5.74) is 2.59. The molecule has 1 aliphatic carbocycles. The lowest BCUT2D eigenvalue weighted by atomic mass is 9.88. The summed E-state index contributed by atoms with van der Waals surface area (Å²) in [5.74, 6) is -1.34. The number of fused-ring (bicyclic) bond motifs is 1. The first kappa shape index (κ1) is 25.3. The Labute approximate surface area is 223 Å². The lowest BCUT2D eigenvalue weighted by molar-refractivity contribution is -0.286. The molecular formula is C30H27F2NO6. The van der Waals surface area contributed by atoms with Crippen LogP contribution in [-0.2, 0) is 14.9 Å². The van der Waals surface area contributed by atoms with Crippen molar-refractivity contribution < 1.29 is 37.7 Å². The standard InChI is InChI=1S/C30H27F2NO6/c1-17-7-8-19(27(34)35)13-22(17)25-16-21(15-24(37-25)18-5-3-2-4-6-18)33-28(36)29(11-12-29)20-9-10-23-26(14-20)39-30(31,32)38-23/h2-10,13-14,21,24-25H,11-12,15-16H2,1H3,(H,33,36)(H,34,35)/t21?,24?,25-/m1/s1. The van der Waals surface area contributed by atoms with Gasteiger partial charge in [0.25, 0.3) is 0 Å². The van der Waals surface area contributed by atoms with Crippen LogP contribution in [0.4, 0.5) is 8.78 Å². The van der Waals surface area contributed by atoms with Gasteiger partial charge >= 0.3 is 12.3 Å². The summed E-state index contributed by atoms with van der Waals surface area (Å²) in [6.07, 6.45) is -2.30. The van der Waals surface area contributed by atoms with Crippen LogP contribution < -0.4 is 14.8 Å². The predicted octanol–water partition coefficient (Wildman–Crippen LogP) is 5.82. The first-order chi connectivity index (χ1) is 18.6. The van der Waals surface area contributed by atoms with Crippen LogP contribution in [0, 0.1) is 6.92 Å². The third-order valence-corrected chi connectivity index (χ3v) is 7.84. The number of ether oxygens (including phenoxy) is 3. The van der Waals surface area contributed by atoms with Crippen molar-refractivity contribution in [1.29, 1.82) is 0 Å². The van der Waals surface area contributed by atoms with Gasteiger partial charge in [-0.05, 0) is 79.1 Å². The Bertz CT molecular complexity index is 1440. The maximum atomic E-state index is 13.7. The number of carbonyl (C=O) groups is 2. The highest BCUT2D eigenvalue weighted by Gasteiger charge is 2.53. The summed E-state index contributed by atoms with van der Waals surface area (Å²) in [5, 5.41) is 12.7. The molecule has 0 bridgehead atoms. The Kier molecular flexibility index (Phi) is 6.06. The molecule has 2 N–H and O–H groups in total. The van der Waals surface area contributed by atoms with Crippen molar-refractivity contribution in [2.24, 2.45) is 0 Å². The molecule has 9 heteroatoms. The van der Waals surface area contributed by atoms with E-state index in [-0.39, 0.29) is 35.1 Å². The highest BCUT2D eigenvalue weighted by Crippen LogP contribution is 2.52. The maximum absolute atomic E-state index is 13.7. The van der Waals surface area contributed by atoms with Crippen molar-refractivity contribution in [2.45, 2.75) is 62.6 Å². The van der Waals surface area contributed by atoms with Crippen molar-refractivity contribution in [2.75, 3.05) is 0 Å². The number of aryl methyl sites for hydroxylation is 1. The zero-order valence-corrected chi connectivity index (χ0v) is 21.2. The molecule has 6 rings (SSSR count). The normalized spacial score (nSPS) is 24.1. The molecule has 2 unspecified atom stereocenters. The quantitative estimate of drug-likeness (QED) is 0.413. The number of carboxylic acid groups (broad SMARTS) is 1. The number of hydrogen-bond acceptors (Lipinski definition) is 5. The number of nitrogens with one attached hydrogen (secondary N) is 1. The van der Waals surface area contributed by atoms with E-state index in [1.54, 1.807) is 24.3 Å². The van der Waals surface area contributed by atoms with E-state index < -0.39 is 23.8 Å². The van der Waals surface area contributed by atoms with E-state index in [0.29, 0.717) is 31.2 Å². The fraction of sp³-hybridized carbons (Fsp3) is 0.333. The van der Waals surface area contributed by atoms with Crippen molar-refractivity contribution in [3.8, 4) is 11.5 Å². The fourth-order valence-electron chi connectivity index (χ4n) is 5.59. The number of halogens is 2. The molecular weight excluding hydrogens is 508 g/mol. The van der Waals surface area contributed by atoms with Gasteiger partial charge in [-0.3, -0.25) is 4.79 Å². The largest absolute Gasteiger partial charge is 0.586 e. The Morgan fingerprint density at radius 2 is 1.64 bits per heavy atom. The Morgan fingerprint density at radius 1 is 0.923 bits per heavy atom. The van der Waals surface area contributed by atoms with Gasteiger partial charge in [0, 0.05) is 6.04 Å². The zero-order valence-electron chi connectivity index (χ0n) is 21.2. The fourth-order valence-corrected chi connectivity index (χ4v) is 5.59. The van der Waals surface area contributed by atoms with E-state index in [0.717, 1.165) is 16.7 Å². The van der Waals surface area contributed by atoms with E-state index in [2.05, 4.69) is 14.8 Å². The van der Waals surface area contributed by atoms with Crippen molar-refractivity contribution >= 4 is 11.9 Å². The van der Waals surface area contributed by atoms with Gasteiger partial charge in [0.1, 0.15) is 0 Å². The minimum absolute atomic E-state index is 0.0584. The van der Waals surface area contributed by atoms with Gasteiger partial charge in [-0.15, -0.1) is 8.78 Å². The van der Waals surface area contributed by atoms with Crippen molar-refractivity contribution in [3.63, 3.8) is 0 Å². The molecule has 0 spiro atoms. The van der Waals surface area contributed by atoms with Gasteiger partial charge in [-0.25, -0.2) is 4.79 Å². The van der Waals surface area contributed by atoms with Crippen LogP contribution in [0.25, 0.3) is 0 Å². The van der Waals surface area contributed by atoms with Crippen LogP contribution in [0.5, 0.6) is 11.5 Å².